The third-order valence-corrected chi connectivity index (χ3v) is 5.54. The highest BCUT2D eigenvalue weighted by atomic mass is 16.5. The molecule has 0 saturated heterocycles. The van der Waals surface area contributed by atoms with E-state index in [4.69, 9.17) is 21.6 Å². The molecule has 0 fully saturated rings. The van der Waals surface area contributed by atoms with Gasteiger partial charge in [0, 0.05) is 28.9 Å². The summed E-state index contributed by atoms with van der Waals surface area (Å²) in [6.45, 7) is 3.86. The van der Waals surface area contributed by atoms with Gasteiger partial charge in [0.1, 0.15) is 11.6 Å². The molecule has 0 aliphatic carbocycles. The number of carbonyl (C=O) groups excluding carboxylic acids is 3. The van der Waals surface area contributed by atoms with Gasteiger partial charge in [0.25, 0.3) is 17.7 Å². The van der Waals surface area contributed by atoms with Gasteiger partial charge in [-0.15, -0.1) is 0 Å². The Balaban J connectivity index is 2.06. The number of anilines is 1. The van der Waals surface area contributed by atoms with Crippen molar-refractivity contribution in [1.29, 1.82) is 5.41 Å². The number of hydrogen-bond donors (Lipinski definition) is 6. The van der Waals surface area contributed by atoms with Gasteiger partial charge in [-0.2, -0.15) is 0 Å². The molecular weight excluding hydrogens is 502 g/mol. The Labute approximate surface area is 224 Å². The molecule has 0 aromatic heterocycles. The van der Waals surface area contributed by atoms with Crippen molar-refractivity contribution < 1.29 is 29.0 Å². The molecule has 0 spiro atoms. The normalized spacial score (nSPS) is 10.5. The van der Waals surface area contributed by atoms with Crippen LogP contribution < -0.4 is 26.8 Å². The van der Waals surface area contributed by atoms with E-state index in [0.29, 0.717) is 17.8 Å². The number of carboxylic acids is 1. The van der Waals surface area contributed by atoms with Crippen LogP contribution in [0.2, 0.25) is 0 Å². The van der Waals surface area contributed by atoms with E-state index in [2.05, 4.69) is 10.6 Å². The number of amides is 3. The quantitative estimate of drug-likeness (QED) is 0.161. The summed E-state index contributed by atoms with van der Waals surface area (Å²) in [5.41, 5.74) is 11.9. The van der Waals surface area contributed by atoms with Crippen LogP contribution in [0.3, 0.4) is 0 Å². The first-order chi connectivity index (χ1) is 18.5. The number of nitrogens with two attached hydrogens (primary N) is 2. The van der Waals surface area contributed by atoms with Crippen molar-refractivity contribution in [1.82, 2.24) is 5.32 Å². The SMILES string of the molecule is CC(C)CNC(=O)c1ccc(-c2cc(OCC(N)=O)ccc2C(=O)Nc2ccc(C(=N)N)cc2)c(C(=O)O)c1. The Kier molecular flexibility index (Phi) is 9.00. The first kappa shape index (κ1) is 28.4. The van der Waals surface area contributed by atoms with Gasteiger partial charge in [-0.3, -0.25) is 19.8 Å². The van der Waals surface area contributed by atoms with E-state index >= 15 is 0 Å². The fourth-order valence-corrected chi connectivity index (χ4v) is 3.62. The molecule has 11 nitrogen and oxygen atoms in total. The fraction of sp³-hybridized carbons (Fsp3) is 0.179. The summed E-state index contributed by atoms with van der Waals surface area (Å²) < 4.78 is 5.39. The standard InChI is InChI=1S/C28H29N5O6/c1-15(2)13-32-26(35)17-5-9-20(23(11-17)28(37)38)22-12-19(39-14-24(29)34)8-10-21(22)27(36)33-18-6-3-16(4-7-18)25(30)31/h3-12,15H,13-14H2,1-2H3,(H2,29,34)(H3,30,31)(H,32,35)(H,33,36)(H,37,38). The maximum atomic E-state index is 13.3. The predicted octanol–water partition coefficient (Wildman–Crippen LogP) is 2.84. The van der Waals surface area contributed by atoms with E-state index in [1.807, 2.05) is 13.8 Å². The van der Waals surface area contributed by atoms with Crippen LogP contribution in [-0.4, -0.2) is 47.8 Å². The second-order valence-electron chi connectivity index (χ2n) is 9.08. The summed E-state index contributed by atoms with van der Waals surface area (Å²) in [6, 6.07) is 14.8. The van der Waals surface area contributed by atoms with Crippen molar-refractivity contribution in [3.63, 3.8) is 0 Å². The van der Waals surface area contributed by atoms with Gasteiger partial charge < -0.3 is 31.9 Å². The second kappa shape index (κ2) is 12.4. The van der Waals surface area contributed by atoms with Gasteiger partial charge in [-0.1, -0.05) is 19.9 Å². The molecule has 0 aliphatic rings. The number of nitrogen functional groups attached to an aromatic ring is 1. The van der Waals surface area contributed by atoms with E-state index < -0.39 is 30.3 Å². The molecule has 0 aliphatic heterocycles. The number of benzene rings is 3. The molecule has 0 saturated carbocycles. The van der Waals surface area contributed by atoms with Crippen LogP contribution in [0.5, 0.6) is 5.75 Å². The minimum Gasteiger partial charge on any atom is -0.484 e. The number of rotatable bonds is 11. The molecule has 3 aromatic carbocycles. The summed E-state index contributed by atoms with van der Waals surface area (Å²) in [5.74, 6) is -2.74. The number of nitrogens with one attached hydrogen (secondary N) is 3. The van der Waals surface area contributed by atoms with E-state index in [9.17, 15) is 24.3 Å². The van der Waals surface area contributed by atoms with Crippen molar-refractivity contribution in [2.45, 2.75) is 13.8 Å². The zero-order valence-electron chi connectivity index (χ0n) is 21.4. The number of amidine groups is 1. The van der Waals surface area contributed by atoms with Crippen LogP contribution in [-0.2, 0) is 4.79 Å². The maximum Gasteiger partial charge on any atom is 0.336 e. The van der Waals surface area contributed by atoms with Crippen molar-refractivity contribution in [2.75, 3.05) is 18.5 Å². The number of carbonyl (C=O) groups is 4. The molecule has 0 heterocycles. The second-order valence-corrected chi connectivity index (χ2v) is 9.08. The molecule has 0 radical (unpaired) electrons. The van der Waals surface area contributed by atoms with Crippen molar-refractivity contribution in [3.8, 4) is 16.9 Å². The van der Waals surface area contributed by atoms with Gasteiger partial charge >= 0.3 is 5.97 Å². The Morgan fingerprint density at radius 2 is 1.54 bits per heavy atom. The third kappa shape index (κ3) is 7.41. The summed E-state index contributed by atoms with van der Waals surface area (Å²) in [7, 11) is 0. The molecule has 3 aromatic rings. The molecule has 0 atom stereocenters. The highest BCUT2D eigenvalue weighted by molar-refractivity contribution is 6.11. The topological polar surface area (TPSA) is 198 Å². The monoisotopic (exact) mass is 531 g/mol. The molecule has 0 unspecified atom stereocenters. The van der Waals surface area contributed by atoms with Crippen LogP contribution in [0.1, 0.15) is 50.5 Å². The van der Waals surface area contributed by atoms with Gasteiger partial charge in [-0.25, -0.2) is 4.79 Å². The van der Waals surface area contributed by atoms with Crippen LogP contribution in [0.4, 0.5) is 5.69 Å². The fourth-order valence-electron chi connectivity index (χ4n) is 3.62. The van der Waals surface area contributed by atoms with E-state index in [0.717, 1.165) is 0 Å². The molecule has 11 heteroatoms. The van der Waals surface area contributed by atoms with Gasteiger partial charge in [0.15, 0.2) is 6.61 Å². The minimum atomic E-state index is -1.31. The highest BCUT2D eigenvalue weighted by Gasteiger charge is 2.21. The Hall–Kier alpha value is -5.19. The van der Waals surface area contributed by atoms with Crippen LogP contribution in [0.15, 0.2) is 60.7 Å². The number of ether oxygens (including phenoxy) is 1. The van der Waals surface area contributed by atoms with E-state index in [-0.39, 0.29) is 45.3 Å². The van der Waals surface area contributed by atoms with Crippen molar-refractivity contribution >= 4 is 35.2 Å². The highest BCUT2D eigenvalue weighted by Crippen LogP contribution is 2.32. The summed E-state index contributed by atoms with van der Waals surface area (Å²) in [4.78, 5) is 49.3. The average Bonchev–Trinajstić information content (AvgIpc) is 2.90. The molecule has 0 bridgehead atoms. The molecule has 202 valence electrons. The number of aromatic carboxylic acids is 1. The van der Waals surface area contributed by atoms with Crippen molar-refractivity contribution in [2.24, 2.45) is 17.4 Å². The van der Waals surface area contributed by atoms with Crippen LogP contribution >= 0.6 is 0 Å². The minimum absolute atomic E-state index is 0.108. The van der Waals surface area contributed by atoms with E-state index in [1.54, 1.807) is 24.3 Å². The smallest absolute Gasteiger partial charge is 0.336 e. The lowest BCUT2D eigenvalue weighted by molar-refractivity contribution is -0.119. The van der Waals surface area contributed by atoms with Gasteiger partial charge in [0.05, 0.1) is 5.56 Å². The number of primary amides is 1. The Morgan fingerprint density at radius 3 is 2.13 bits per heavy atom. The first-order valence-electron chi connectivity index (χ1n) is 11.9. The Bertz CT molecular complexity index is 1430. The molecular formula is C28H29N5O6. The Morgan fingerprint density at radius 1 is 0.872 bits per heavy atom. The predicted molar refractivity (Wildman–Crippen MR) is 146 cm³/mol. The third-order valence-electron chi connectivity index (χ3n) is 5.54. The average molecular weight is 532 g/mol. The lowest BCUT2D eigenvalue weighted by atomic mass is 9.93. The lowest BCUT2D eigenvalue weighted by Crippen LogP contribution is -2.27. The zero-order chi connectivity index (χ0) is 28.7. The maximum absolute atomic E-state index is 13.3. The molecule has 3 rings (SSSR count). The zero-order valence-corrected chi connectivity index (χ0v) is 21.4. The molecule has 39 heavy (non-hydrogen) atoms. The van der Waals surface area contributed by atoms with Gasteiger partial charge in [-0.05, 0) is 71.6 Å². The molecule has 8 N–H and O–H groups in total. The summed E-state index contributed by atoms with van der Waals surface area (Å²) >= 11 is 0. The van der Waals surface area contributed by atoms with Crippen molar-refractivity contribution in [3.05, 3.63) is 82.9 Å². The van der Waals surface area contributed by atoms with E-state index in [1.165, 1.54) is 36.4 Å². The first-order valence-corrected chi connectivity index (χ1v) is 11.9. The number of carboxylic acid groups (broad SMARTS) is 1. The lowest BCUT2D eigenvalue weighted by Gasteiger charge is -2.16. The van der Waals surface area contributed by atoms with Crippen LogP contribution in [0, 0.1) is 11.3 Å². The summed E-state index contributed by atoms with van der Waals surface area (Å²) in [5, 5.41) is 23.0. The number of hydrogen-bond acceptors (Lipinski definition) is 6. The van der Waals surface area contributed by atoms with Gasteiger partial charge in [0.2, 0.25) is 0 Å². The van der Waals surface area contributed by atoms with Crippen LogP contribution in [0.25, 0.3) is 11.1 Å². The summed E-state index contributed by atoms with van der Waals surface area (Å²) in [6.07, 6.45) is 0. The molecule has 3 amide bonds. The largest absolute Gasteiger partial charge is 0.484 e.